The van der Waals surface area contributed by atoms with E-state index in [0.29, 0.717) is 17.8 Å². The average molecular weight is 570 g/mol. The van der Waals surface area contributed by atoms with E-state index in [1.165, 1.54) is 11.9 Å². The van der Waals surface area contributed by atoms with Crippen molar-refractivity contribution in [3.8, 4) is 11.1 Å². The monoisotopic (exact) mass is 569 g/mol. The van der Waals surface area contributed by atoms with Crippen LogP contribution in [0, 0.1) is 0 Å². The fourth-order valence-electron chi connectivity index (χ4n) is 4.77. The summed E-state index contributed by atoms with van der Waals surface area (Å²) in [5, 5.41) is 24.5. The first-order valence-corrected chi connectivity index (χ1v) is 13.3. The first-order chi connectivity index (χ1) is 20.2. The summed E-state index contributed by atoms with van der Waals surface area (Å²) in [5.74, 6) is -0.541. The molecular formula is C28H31N11O3. The molecule has 1 aliphatic rings. The molecule has 3 amide bonds. The molecule has 1 aliphatic heterocycles. The van der Waals surface area contributed by atoms with Gasteiger partial charge in [0.25, 0.3) is 11.8 Å². The van der Waals surface area contributed by atoms with E-state index >= 15 is 0 Å². The van der Waals surface area contributed by atoms with Gasteiger partial charge < -0.3 is 31.9 Å². The van der Waals surface area contributed by atoms with Crippen molar-refractivity contribution in [2.45, 2.75) is 25.9 Å². The van der Waals surface area contributed by atoms with Crippen LogP contribution in [0.3, 0.4) is 0 Å². The summed E-state index contributed by atoms with van der Waals surface area (Å²) in [6.07, 6.45) is 2.45. The second-order valence-electron chi connectivity index (χ2n) is 9.83. The summed E-state index contributed by atoms with van der Waals surface area (Å²) < 4.78 is 1.67. The minimum absolute atomic E-state index is 0.0498. The lowest BCUT2D eigenvalue weighted by Gasteiger charge is -2.30. The number of nitrogen functional groups attached to an aromatic ring is 1. The van der Waals surface area contributed by atoms with Gasteiger partial charge in [-0.15, -0.1) is 10.2 Å². The number of anilines is 5. The Morgan fingerprint density at radius 3 is 2.60 bits per heavy atom. The molecule has 0 spiro atoms. The summed E-state index contributed by atoms with van der Waals surface area (Å²) >= 11 is 0. The Hall–Kier alpha value is -5.53. The lowest BCUT2D eigenvalue weighted by Crippen LogP contribution is -2.26. The number of benzene rings is 1. The number of para-hydroxylation sites is 1. The molecule has 14 heteroatoms. The third kappa shape index (κ3) is 5.41. The van der Waals surface area contributed by atoms with Crippen molar-refractivity contribution in [1.82, 2.24) is 35.2 Å². The van der Waals surface area contributed by atoms with Gasteiger partial charge >= 0.3 is 0 Å². The van der Waals surface area contributed by atoms with Gasteiger partial charge in [-0.1, -0.05) is 25.1 Å². The van der Waals surface area contributed by atoms with E-state index in [2.05, 4.69) is 41.5 Å². The Morgan fingerprint density at radius 2 is 1.86 bits per heavy atom. The summed E-state index contributed by atoms with van der Waals surface area (Å²) in [7, 11) is 4.79. The van der Waals surface area contributed by atoms with E-state index in [4.69, 9.17) is 5.73 Å². The number of rotatable bonds is 8. The number of nitrogens with zero attached hydrogens (tertiary/aromatic N) is 6. The van der Waals surface area contributed by atoms with E-state index in [1.807, 2.05) is 25.1 Å². The average Bonchev–Trinajstić information content (AvgIpc) is 3.40. The van der Waals surface area contributed by atoms with E-state index in [-0.39, 0.29) is 47.4 Å². The largest absolute Gasteiger partial charge is 0.382 e. The number of fused-ring (bicyclic) bond motifs is 3. The van der Waals surface area contributed by atoms with Gasteiger partial charge in [0.15, 0.2) is 5.69 Å². The van der Waals surface area contributed by atoms with Crippen LogP contribution in [-0.4, -0.2) is 68.7 Å². The highest BCUT2D eigenvalue weighted by molar-refractivity contribution is 6.00. The Bertz CT molecular complexity index is 1680. The summed E-state index contributed by atoms with van der Waals surface area (Å²) in [4.78, 5) is 43.4. The van der Waals surface area contributed by atoms with Crippen LogP contribution in [0.25, 0.3) is 11.1 Å². The van der Waals surface area contributed by atoms with Gasteiger partial charge in [-0.05, 0) is 24.6 Å². The maximum atomic E-state index is 13.0. The van der Waals surface area contributed by atoms with Crippen molar-refractivity contribution < 1.29 is 14.4 Å². The SMILES string of the molecule is CC[C@H]1Nc2c(Nc3cc(N)nnc3C(=O)NC)cccc2-c2cnn(CC(=O)Nc3cccc(C(=O)N(C)C)n3)c21. The molecule has 1 atom stereocenters. The highest BCUT2D eigenvalue weighted by atomic mass is 16.2. The summed E-state index contributed by atoms with van der Waals surface area (Å²) in [5.41, 5.74) is 10.8. The first-order valence-electron chi connectivity index (χ1n) is 13.3. The number of hydrogen-bond acceptors (Lipinski definition) is 10. The van der Waals surface area contributed by atoms with E-state index in [1.54, 1.807) is 49.2 Å². The lowest BCUT2D eigenvalue weighted by molar-refractivity contribution is -0.117. The molecule has 1 aromatic carbocycles. The topological polar surface area (TPSA) is 185 Å². The number of nitrogens with two attached hydrogens (primary N) is 1. The molecule has 14 nitrogen and oxygen atoms in total. The van der Waals surface area contributed by atoms with Gasteiger partial charge in [0, 0.05) is 38.3 Å². The minimum Gasteiger partial charge on any atom is -0.382 e. The van der Waals surface area contributed by atoms with Crippen molar-refractivity contribution in [3.63, 3.8) is 0 Å². The van der Waals surface area contributed by atoms with Crippen LogP contribution in [-0.2, 0) is 11.3 Å². The molecule has 0 saturated heterocycles. The van der Waals surface area contributed by atoms with Gasteiger partial charge in [-0.3, -0.25) is 19.1 Å². The molecule has 0 aliphatic carbocycles. The van der Waals surface area contributed by atoms with Crippen LogP contribution >= 0.6 is 0 Å². The van der Waals surface area contributed by atoms with Crippen LogP contribution in [0.15, 0.2) is 48.7 Å². The smallest absolute Gasteiger partial charge is 0.273 e. The van der Waals surface area contributed by atoms with Crippen LogP contribution in [0.1, 0.15) is 46.1 Å². The van der Waals surface area contributed by atoms with E-state index < -0.39 is 5.91 Å². The molecule has 216 valence electrons. The van der Waals surface area contributed by atoms with Crippen molar-refractivity contribution in [2.75, 3.05) is 42.8 Å². The molecule has 42 heavy (non-hydrogen) atoms. The molecule has 0 radical (unpaired) electrons. The quantitative estimate of drug-likeness (QED) is 0.211. The van der Waals surface area contributed by atoms with Crippen LogP contribution in [0.2, 0.25) is 0 Å². The normalized spacial score (nSPS) is 13.3. The third-order valence-corrected chi connectivity index (χ3v) is 6.75. The van der Waals surface area contributed by atoms with Crippen LogP contribution in [0.5, 0.6) is 0 Å². The standard InChI is InChI=1S/C28H31N11O3/c1-5-17-26-16(13-31-39(26)14-23(40)35-22-11-7-10-19(33-22)28(42)38(3)4)15-8-6-9-18(24(15)34-17)32-20-12-21(29)36-37-25(20)27(41)30-2/h6-13,17,34H,5,14H2,1-4H3,(H,30,41)(H3,29,32,36)(H,33,35,40)/t17-/m1/s1. The molecular weight excluding hydrogens is 538 g/mol. The number of amides is 3. The molecule has 3 aromatic heterocycles. The lowest BCUT2D eigenvalue weighted by atomic mass is 9.93. The van der Waals surface area contributed by atoms with Gasteiger partial charge in [0.1, 0.15) is 23.9 Å². The Labute approximate surface area is 241 Å². The molecule has 0 fully saturated rings. The van der Waals surface area contributed by atoms with Crippen LogP contribution < -0.4 is 27.0 Å². The number of carbonyl (C=O) groups excluding carboxylic acids is 3. The molecule has 0 unspecified atom stereocenters. The second-order valence-corrected chi connectivity index (χ2v) is 9.83. The first kappa shape index (κ1) is 28.0. The highest BCUT2D eigenvalue weighted by Gasteiger charge is 2.30. The number of pyridine rings is 1. The number of aromatic nitrogens is 5. The summed E-state index contributed by atoms with van der Waals surface area (Å²) in [6, 6.07) is 12.0. The third-order valence-electron chi connectivity index (χ3n) is 6.75. The van der Waals surface area contributed by atoms with Crippen molar-refractivity contribution in [3.05, 3.63) is 65.7 Å². The van der Waals surface area contributed by atoms with Crippen molar-refractivity contribution in [1.29, 1.82) is 0 Å². The molecule has 5 rings (SSSR count). The number of nitrogens with one attached hydrogen (secondary N) is 4. The van der Waals surface area contributed by atoms with Gasteiger partial charge in [0.05, 0.1) is 35.0 Å². The Morgan fingerprint density at radius 1 is 1.07 bits per heavy atom. The number of carbonyl (C=O) groups is 3. The maximum absolute atomic E-state index is 13.0. The predicted octanol–water partition coefficient (Wildman–Crippen LogP) is 2.64. The fourth-order valence-corrected chi connectivity index (χ4v) is 4.77. The zero-order valence-electron chi connectivity index (χ0n) is 23.6. The van der Waals surface area contributed by atoms with Crippen molar-refractivity contribution >= 4 is 46.4 Å². The Kier molecular flexibility index (Phi) is 7.69. The molecule has 0 bridgehead atoms. The van der Waals surface area contributed by atoms with Gasteiger partial charge in [-0.25, -0.2) is 4.98 Å². The molecule has 6 N–H and O–H groups in total. The Balaban J connectivity index is 1.43. The molecule has 4 aromatic rings. The van der Waals surface area contributed by atoms with Gasteiger partial charge in [-0.2, -0.15) is 5.10 Å². The van der Waals surface area contributed by atoms with Crippen LogP contribution in [0.4, 0.5) is 28.7 Å². The van der Waals surface area contributed by atoms with Crippen molar-refractivity contribution in [2.24, 2.45) is 0 Å². The zero-order chi connectivity index (χ0) is 30.0. The molecule has 0 saturated carbocycles. The zero-order valence-corrected chi connectivity index (χ0v) is 23.6. The van der Waals surface area contributed by atoms with E-state index in [9.17, 15) is 14.4 Å². The predicted molar refractivity (Wildman–Crippen MR) is 158 cm³/mol. The van der Waals surface area contributed by atoms with E-state index in [0.717, 1.165) is 22.5 Å². The highest BCUT2D eigenvalue weighted by Crippen LogP contribution is 2.45. The number of hydrogen-bond donors (Lipinski definition) is 5. The summed E-state index contributed by atoms with van der Waals surface area (Å²) in [6.45, 7) is 1.99. The molecule has 4 heterocycles. The van der Waals surface area contributed by atoms with Gasteiger partial charge in [0.2, 0.25) is 5.91 Å². The fraction of sp³-hybridized carbons (Fsp3) is 0.250. The maximum Gasteiger partial charge on any atom is 0.273 e. The second kappa shape index (κ2) is 11.5. The minimum atomic E-state index is -0.401.